The molecule has 0 bridgehead atoms. The quantitative estimate of drug-likeness (QED) is 0.171. The van der Waals surface area contributed by atoms with Crippen molar-refractivity contribution in [2.75, 3.05) is 26.6 Å². The van der Waals surface area contributed by atoms with Crippen molar-refractivity contribution in [3.8, 4) is 11.5 Å². The summed E-state index contributed by atoms with van der Waals surface area (Å²) in [7, 11) is -4.42. The van der Waals surface area contributed by atoms with E-state index in [1.807, 2.05) is 18.2 Å². The van der Waals surface area contributed by atoms with Crippen molar-refractivity contribution in [2.24, 2.45) is 5.92 Å². The van der Waals surface area contributed by atoms with E-state index in [9.17, 15) is 9.70 Å². The third-order valence-electron chi connectivity index (χ3n) is 9.85. The van der Waals surface area contributed by atoms with Crippen molar-refractivity contribution in [1.82, 2.24) is 0 Å². The zero-order valence-electron chi connectivity index (χ0n) is 26.5. The average molecular weight is 605 g/mol. The number of benzene rings is 1. The number of carbonyl (C=O) groups excluding carboxylic acids is 1. The molecule has 1 aromatic carbocycles. The molecule has 1 aromatic rings. The van der Waals surface area contributed by atoms with Gasteiger partial charge in [0.25, 0.3) is 5.78 Å². The summed E-state index contributed by atoms with van der Waals surface area (Å²) in [6, 6.07) is 6.88. The number of Topliss-reactive ketones (excluding diaryl/α,β-unsaturated/α-hetero) is 1. The van der Waals surface area contributed by atoms with E-state index in [0.717, 1.165) is 34.0 Å². The molecule has 1 unspecified atom stereocenters. The average Bonchev–Trinajstić information content (AvgIpc) is 3.58. The summed E-state index contributed by atoms with van der Waals surface area (Å²) < 4.78 is 32.4. The smallest absolute Gasteiger partial charge is 0.369 e. The third-order valence-corrected chi connectivity index (χ3v) is 20.5. The first kappa shape index (κ1) is 32.1. The molecule has 0 N–H and O–H groups in total. The van der Waals surface area contributed by atoms with Crippen LogP contribution in [0, 0.1) is 10.8 Å². The highest BCUT2D eigenvalue weighted by atomic mass is 28.4. The van der Waals surface area contributed by atoms with Crippen molar-refractivity contribution in [3.05, 3.63) is 33.7 Å². The van der Waals surface area contributed by atoms with E-state index in [4.69, 9.17) is 23.1 Å². The molecule has 2 aliphatic heterocycles. The van der Waals surface area contributed by atoms with E-state index in [2.05, 4.69) is 62.3 Å². The molecule has 1 saturated heterocycles. The van der Waals surface area contributed by atoms with Crippen molar-refractivity contribution in [3.63, 3.8) is 0 Å². The van der Waals surface area contributed by atoms with E-state index in [-0.39, 0.29) is 31.6 Å². The molecule has 3 atom stereocenters. The van der Waals surface area contributed by atoms with Crippen LogP contribution in [0.25, 0.3) is 6.08 Å². The van der Waals surface area contributed by atoms with E-state index in [1.165, 1.54) is 0 Å². The lowest BCUT2D eigenvalue weighted by atomic mass is 9.79. The summed E-state index contributed by atoms with van der Waals surface area (Å²) >= 11 is 0. The fourth-order valence-electron chi connectivity index (χ4n) is 7.38. The van der Waals surface area contributed by atoms with E-state index in [0.29, 0.717) is 40.3 Å². The van der Waals surface area contributed by atoms with E-state index >= 15 is 0 Å². The highest BCUT2D eigenvalue weighted by Crippen LogP contribution is 2.49. The lowest BCUT2D eigenvalue weighted by Gasteiger charge is -2.45. The van der Waals surface area contributed by atoms with Gasteiger partial charge < -0.3 is 23.1 Å². The molecule has 1 aliphatic carbocycles. The Hall–Kier alpha value is -1.86. The molecule has 41 heavy (non-hydrogen) atoms. The fraction of sp³-hybridized carbons (Fsp3) is 0.710. The molecule has 0 spiro atoms. The minimum absolute atomic E-state index is 0.162. The number of nitrogens with zero attached hydrogens (tertiary/aromatic N) is 1. The SMILES string of the molecule is CC[Si](CC)(CC)O[C@H]1c2cc3c(cc2C=C(C(=O)C2OCC[N+]2=O)[C@@H]1CO[Si](C(C)C)(C(C)C)C(C)C)OCO3. The molecule has 4 rings (SSSR count). The Balaban J connectivity index is 1.87. The highest BCUT2D eigenvalue weighted by Gasteiger charge is 2.50. The van der Waals surface area contributed by atoms with Gasteiger partial charge in [0, 0.05) is 27.8 Å². The molecular weight excluding hydrogens is 555 g/mol. The van der Waals surface area contributed by atoms with Crippen LogP contribution >= 0.6 is 0 Å². The number of hydrogen-bond donors (Lipinski definition) is 0. The van der Waals surface area contributed by atoms with Crippen LogP contribution in [0.4, 0.5) is 0 Å². The minimum atomic E-state index is -2.27. The summed E-state index contributed by atoms with van der Waals surface area (Å²) in [6.45, 7) is 21.2. The highest BCUT2D eigenvalue weighted by molar-refractivity contribution is 6.77. The predicted molar refractivity (Wildman–Crippen MR) is 165 cm³/mol. The molecule has 1 fully saturated rings. The number of ketones is 1. The Kier molecular flexibility index (Phi) is 10.0. The lowest BCUT2D eigenvalue weighted by molar-refractivity contribution is -0.572. The predicted octanol–water partition coefficient (Wildman–Crippen LogP) is 7.39. The molecular formula is C31H50NO7Si2+. The maximum absolute atomic E-state index is 14.1. The number of ether oxygens (including phenoxy) is 3. The maximum atomic E-state index is 14.1. The molecule has 0 amide bonds. The van der Waals surface area contributed by atoms with Crippen LogP contribution in [-0.2, 0) is 18.4 Å². The third kappa shape index (κ3) is 5.87. The zero-order chi connectivity index (χ0) is 30.1. The van der Waals surface area contributed by atoms with Gasteiger partial charge in [-0.1, -0.05) is 62.3 Å². The molecule has 0 saturated carbocycles. The topological polar surface area (TPSA) is 83.3 Å². The normalized spacial score (nSPS) is 22.6. The summed E-state index contributed by atoms with van der Waals surface area (Å²) in [5.41, 5.74) is 3.56. The van der Waals surface area contributed by atoms with E-state index < -0.39 is 29.0 Å². The van der Waals surface area contributed by atoms with Crippen molar-refractivity contribution in [1.29, 1.82) is 0 Å². The standard InChI is InChI=1S/C31H50NO7Si2/c1-10-40(11-2,12-3)39-30-24-17-28-27(36-19-37-28)16-23(24)15-25(29(33)31-32(34)13-14-35-31)26(30)18-38-41(20(4)5,21(6)7)22(8)9/h15-17,20-22,26,30-31H,10-14,18-19H2,1-9H3/q+1/t26-,30-,31?/m0/s1. The molecule has 2 heterocycles. The Bertz CT molecular complexity index is 1130. The number of rotatable bonds is 13. The van der Waals surface area contributed by atoms with Crippen LogP contribution in [0.2, 0.25) is 34.8 Å². The summed E-state index contributed by atoms with van der Waals surface area (Å²) in [5.74, 6) is 0.661. The first-order valence-corrected chi connectivity index (χ1v) is 20.2. The molecule has 0 radical (unpaired) electrons. The summed E-state index contributed by atoms with van der Waals surface area (Å²) in [5, 5.41) is 0. The fourth-order valence-corrected chi connectivity index (χ4v) is 15.7. The number of nitroso groups, excluding NO2 is 1. The van der Waals surface area contributed by atoms with Crippen molar-refractivity contribution in [2.45, 2.75) is 109 Å². The Labute approximate surface area is 247 Å². The van der Waals surface area contributed by atoms with Crippen LogP contribution in [0.5, 0.6) is 11.5 Å². The van der Waals surface area contributed by atoms with Crippen LogP contribution in [-0.4, -0.2) is 60.0 Å². The van der Waals surface area contributed by atoms with Crippen LogP contribution in [0.15, 0.2) is 17.7 Å². The number of fused-ring (bicyclic) bond motifs is 2. The van der Waals surface area contributed by atoms with Crippen LogP contribution < -0.4 is 9.47 Å². The second-order valence-electron chi connectivity index (χ2n) is 12.7. The second-order valence-corrected chi connectivity index (χ2v) is 22.9. The van der Waals surface area contributed by atoms with Gasteiger partial charge in [0.05, 0.1) is 6.10 Å². The molecule has 10 heteroatoms. The summed E-state index contributed by atoms with van der Waals surface area (Å²) in [6.07, 6.45) is 0.363. The lowest BCUT2D eigenvalue weighted by Crippen LogP contribution is -2.50. The van der Waals surface area contributed by atoms with Gasteiger partial charge in [-0.25, -0.2) is 0 Å². The van der Waals surface area contributed by atoms with Gasteiger partial charge in [-0.2, -0.15) is 0 Å². The first-order chi connectivity index (χ1) is 19.4. The Morgan fingerprint density at radius 3 is 2.07 bits per heavy atom. The van der Waals surface area contributed by atoms with Crippen molar-refractivity contribution < 1.29 is 32.6 Å². The first-order valence-electron chi connectivity index (χ1n) is 15.5. The molecule has 8 nitrogen and oxygen atoms in total. The van der Waals surface area contributed by atoms with Crippen LogP contribution in [0.1, 0.15) is 79.5 Å². The maximum Gasteiger partial charge on any atom is 0.369 e. The van der Waals surface area contributed by atoms with Gasteiger partial charge in [0.2, 0.25) is 13.3 Å². The zero-order valence-corrected chi connectivity index (χ0v) is 28.5. The minimum Gasteiger partial charge on any atom is -0.454 e. The Morgan fingerprint density at radius 1 is 0.976 bits per heavy atom. The van der Waals surface area contributed by atoms with Gasteiger partial charge >= 0.3 is 6.23 Å². The van der Waals surface area contributed by atoms with E-state index in [1.54, 1.807) is 0 Å². The number of hydrogen-bond acceptors (Lipinski definition) is 7. The van der Waals surface area contributed by atoms with Gasteiger partial charge in [-0.3, -0.25) is 4.79 Å². The Morgan fingerprint density at radius 2 is 1.56 bits per heavy atom. The molecule has 3 aliphatic rings. The largest absolute Gasteiger partial charge is 0.454 e. The molecule has 0 aromatic heterocycles. The second kappa shape index (κ2) is 12.8. The molecule has 228 valence electrons. The van der Waals surface area contributed by atoms with Crippen LogP contribution in [0.3, 0.4) is 0 Å². The monoisotopic (exact) mass is 604 g/mol. The number of carbonyl (C=O) groups is 1. The summed E-state index contributed by atoms with van der Waals surface area (Å²) in [4.78, 5) is 26.8. The van der Waals surface area contributed by atoms with Gasteiger partial charge in [-0.15, -0.1) is 0 Å². The van der Waals surface area contributed by atoms with Crippen molar-refractivity contribution >= 4 is 28.5 Å². The van der Waals surface area contributed by atoms with Gasteiger partial charge in [-0.05, 0) is 64.1 Å². The van der Waals surface area contributed by atoms with Gasteiger partial charge in [0.1, 0.15) is 6.61 Å². The van der Waals surface area contributed by atoms with Gasteiger partial charge in [0.15, 0.2) is 28.1 Å².